The second kappa shape index (κ2) is 5.11. The highest BCUT2D eigenvalue weighted by Gasteiger charge is 2.18. The van der Waals surface area contributed by atoms with Gasteiger partial charge in [-0.3, -0.25) is 0 Å². The number of aryl methyl sites for hydroxylation is 2. The van der Waals surface area contributed by atoms with Crippen LogP contribution in [0.25, 0.3) is 11.0 Å². The molecular formula is C14H14ClFN4O. The third-order valence-corrected chi connectivity index (χ3v) is 3.47. The number of nitrogens with zero attached hydrogens (tertiary/aromatic N) is 4. The molecule has 1 unspecified atom stereocenters. The molecule has 0 aliphatic rings. The lowest BCUT2D eigenvalue weighted by Gasteiger charge is -2.08. The highest BCUT2D eigenvalue weighted by Crippen LogP contribution is 2.27. The van der Waals surface area contributed by atoms with Gasteiger partial charge >= 0.3 is 0 Å². The van der Waals surface area contributed by atoms with Crippen molar-refractivity contribution in [2.45, 2.75) is 32.7 Å². The van der Waals surface area contributed by atoms with Gasteiger partial charge in [0.25, 0.3) is 0 Å². The van der Waals surface area contributed by atoms with Crippen molar-refractivity contribution >= 4 is 22.6 Å². The Kier molecular flexibility index (Phi) is 3.41. The third kappa shape index (κ3) is 2.51. The molecule has 3 rings (SSSR count). The SMILES string of the molecule is Cc1noc(Cn2c(C(C)Cl)nc3cc(F)c(C)cc32)n1. The molecule has 21 heavy (non-hydrogen) atoms. The summed E-state index contributed by atoms with van der Waals surface area (Å²) >= 11 is 6.19. The summed E-state index contributed by atoms with van der Waals surface area (Å²) in [5, 5.41) is 3.46. The second-order valence-corrected chi connectivity index (χ2v) is 5.65. The van der Waals surface area contributed by atoms with Crippen LogP contribution in [-0.4, -0.2) is 19.7 Å². The fourth-order valence-corrected chi connectivity index (χ4v) is 2.44. The van der Waals surface area contributed by atoms with Crippen molar-refractivity contribution in [3.05, 3.63) is 41.1 Å². The molecule has 0 saturated heterocycles. The molecule has 0 fully saturated rings. The van der Waals surface area contributed by atoms with Gasteiger partial charge in [0.15, 0.2) is 5.82 Å². The van der Waals surface area contributed by atoms with Crippen LogP contribution in [0, 0.1) is 19.7 Å². The smallest absolute Gasteiger partial charge is 0.246 e. The Morgan fingerprint density at radius 2 is 2.10 bits per heavy atom. The number of hydrogen-bond donors (Lipinski definition) is 0. The van der Waals surface area contributed by atoms with E-state index in [2.05, 4.69) is 15.1 Å². The van der Waals surface area contributed by atoms with Crippen molar-refractivity contribution in [2.24, 2.45) is 0 Å². The minimum absolute atomic E-state index is 0.283. The first-order valence-corrected chi connectivity index (χ1v) is 6.99. The maximum absolute atomic E-state index is 13.7. The lowest BCUT2D eigenvalue weighted by molar-refractivity contribution is 0.367. The van der Waals surface area contributed by atoms with Crippen molar-refractivity contribution in [1.82, 2.24) is 19.7 Å². The lowest BCUT2D eigenvalue weighted by atomic mass is 10.2. The van der Waals surface area contributed by atoms with E-state index in [1.54, 1.807) is 19.9 Å². The van der Waals surface area contributed by atoms with Gasteiger partial charge < -0.3 is 9.09 Å². The molecule has 0 spiro atoms. The largest absolute Gasteiger partial charge is 0.337 e. The van der Waals surface area contributed by atoms with E-state index in [1.807, 2.05) is 11.5 Å². The Hall–Kier alpha value is -1.95. The standard InChI is InChI=1S/C14H14ClFN4O/c1-7-4-12-11(5-10(7)16)18-14(8(2)15)20(12)6-13-17-9(3)19-21-13/h4-5,8H,6H2,1-3H3. The molecule has 0 aliphatic heterocycles. The summed E-state index contributed by atoms with van der Waals surface area (Å²) in [6.45, 7) is 5.65. The topological polar surface area (TPSA) is 56.7 Å². The minimum atomic E-state index is -0.315. The summed E-state index contributed by atoms with van der Waals surface area (Å²) in [5.74, 6) is 1.39. The van der Waals surface area contributed by atoms with Crippen molar-refractivity contribution in [1.29, 1.82) is 0 Å². The van der Waals surface area contributed by atoms with E-state index < -0.39 is 0 Å². The van der Waals surface area contributed by atoms with Crippen LogP contribution in [0.2, 0.25) is 0 Å². The summed E-state index contributed by atoms with van der Waals surface area (Å²) < 4.78 is 20.7. The number of rotatable bonds is 3. The number of aromatic nitrogens is 4. The number of imidazole rings is 1. The molecule has 0 saturated carbocycles. The number of halogens is 2. The van der Waals surface area contributed by atoms with Crippen molar-refractivity contribution in [3.63, 3.8) is 0 Å². The molecule has 0 bridgehead atoms. The van der Waals surface area contributed by atoms with Gasteiger partial charge in [-0.25, -0.2) is 9.37 Å². The number of alkyl halides is 1. The molecule has 5 nitrogen and oxygen atoms in total. The molecule has 0 radical (unpaired) electrons. The zero-order valence-corrected chi connectivity index (χ0v) is 12.6. The van der Waals surface area contributed by atoms with Gasteiger partial charge in [-0.2, -0.15) is 4.98 Å². The molecule has 3 aromatic rings. The predicted molar refractivity (Wildman–Crippen MR) is 76.8 cm³/mol. The number of fused-ring (bicyclic) bond motifs is 1. The number of hydrogen-bond acceptors (Lipinski definition) is 4. The zero-order chi connectivity index (χ0) is 15.1. The maximum atomic E-state index is 13.7. The van der Waals surface area contributed by atoms with Crippen LogP contribution in [0.1, 0.15) is 35.4 Å². The Morgan fingerprint density at radius 3 is 2.71 bits per heavy atom. The Labute approximate surface area is 125 Å². The van der Waals surface area contributed by atoms with Crippen molar-refractivity contribution in [3.8, 4) is 0 Å². The van der Waals surface area contributed by atoms with Gasteiger partial charge in [-0.1, -0.05) is 5.16 Å². The van der Waals surface area contributed by atoms with Gasteiger partial charge in [-0.05, 0) is 32.4 Å². The van der Waals surface area contributed by atoms with Gasteiger partial charge in [0.1, 0.15) is 18.2 Å². The first kappa shape index (κ1) is 14.0. The van der Waals surface area contributed by atoms with Crippen molar-refractivity contribution < 1.29 is 8.91 Å². The van der Waals surface area contributed by atoms with Crippen molar-refractivity contribution in [2.75, 3.05) is 0 Å². The summed E-state index contributed by atoms with van der Waals surface area (Å²) in [4.78, 5) is 8.61. The van der Waals surface area contributed by atoms with E-state index in [9.17, 15) is 4.39 Å². The monoisotopic (exact) mass is 308 g/mol. The van der Waals surface area contributed by atoms with Crippen LogP contribution in [0.4, 0.5) is 4.39 Å². The molecule has 1 atom stereocenters. The molecule has 2 heterocycles. The predicted octanol–water partition coefficient (Wildman–Crippen LogP) is 3.52. The summed E-state index contributed by atoms with van der Waals surface area (Å²) in [6.07, 6.45) is 0. The molecule has 110 valence electrons. The first-order valence-electron chi connectivity index (χ1n) is 6.55. The van der Waals surface area contributed by atoms with Gasteiger partial charge in [-0.15, -0.1) is 11.6 Å². The van der Waals surface area contributed by atoms with E-state index in [0.29, 0.717) is 35.2 Å². The van der Waals surface area contributed by atoms with E-state index in [0.717, 1.165) is 5.52 Å². The Bertz CT molecular complexity index is 809. The van der Waals surface area contributed by atoms with Crippen LogP contribution in [0.3, 0.4) is 0 Å². The van der Waals surface area contributed by atoms with Gasteiger partial charge in [0.2, 0.25) is 5.89 Å². The highest BCUT2D eigenvalue weighted by molar-refractivity contribution is 6.20. The fourth-order valence-electron chi connectivity index (χ4n) is 2.28. The van der Waals surface area contributed by atoms with Gasteiger partial charge in [0.05, 0.1) is 16.4 Å². The fraction of sp³-hybridized carbons (Fsp3) is 0.357. The number of benzene rings is 1. The van der Waals surface area contributed by atoms with Crippen LogP contribution >= 0.6 is 11.6 Å². The highest BCUT2D eigenvalue weighted by atomic mass is 35.5. The molecule has 0 N–H and O–H groups in total. The first-order chi connectivity index (χ1) is 9.95. The van der Waals surface area contributed by atoms with Gasteiger partial charge in [0, 0.05) is 6.07 Å². The minimum Gasteiger partial charge on any atom is -0.337 e. The molecule has 7 heteroatoms. The summed E-state index contributed by atoms with van der Waals surface area (Å²) in [6, 6.07) is 3.17. The second-order valence-electron chi connectivity index (χ2n) is 5.00. The molecular weight excluding hydrogens is 295 g/mol. The quantitative estimate of drug-likeness (QED) is 0.695. The van der Waals surface area contributed by atoms with Crippen LogP contribution in [0.5, 0.6) is 0 Å². The summed E-state index contributed by atoms with van der Waals surface area (Å²) in [7, 11) is 0. The normalized spacial score (nSPS) is 13.0. The van der Waals surface area contributed by atoms with E-state index in [4.69, 9.17) is 16.1 Å². The average molecular weight is 309 g/mol. The van der Waals surface area contributed by atoms with Crippen LogP contribution in [0.15, 0.2) is 16.7 Å². The maximum Gasteiger partial charge on any atom is 0.246 e. The molecule has 0 aliphatic carbocycles. The van der Waals surface area contributed by atoms with E-state index in [1.165, 1.54) is 6.07 Å². The van der Waals surface area contributed by atoms with Crippen LogP contribution in [-0.2, 0) is 6.54 Å². The molecule has 2 aromatic heterocycles. The van der Waals surface area contributed by atoms with E-state index >= 15 is 0 Å². The molecule has 1 aromatic carbocycles. The zero-order valence-electron chi connectivity index (χ0n) is 11.9. The third-order valence-electron chi connectivity index (χ3n) is 3.28. The Balaban J connectivity index is 2.17. The average Bonchev–Trinajstić information content (AvgIpc) is 2.96. The molecule has 0 amide bonds. The summed E-state index contributed by atoms with van der Waals surface area (Å²) in [5.41, 5.74) is 1.92. The van der Waals surface area contributed by atoms with E-state index in [-0.39, 0.29) is 11.2 Å². The van der Waals surface area contributed by atoms with Crippen LogP contribution < -0.4 is 0 Å². The lowest BCUT2D eigenvalue weighted by Crippen LogP contribution is -2.06. The Morgan fingerprint density at radius 1 is 1.33 bits per heavy atom.